The Bertz CT molecular complexity index is 565. The molecule has 1 aliphatic heterocycles. The molecule has 1 saturated heterocycles. The molecule has 1 aliphatic rings. The van der Waals surface area contributed by atoms with Crippen molar-refractivity contribution in [1.82, 2.24) is 9.80 Å². The van der Waals surface area contributed by atoms with Gasteiger partial charge in [0.2, 0.25) is 0 Å². The fraction of sp³-hybridized carbons (Fsp3) is 0.529. The van der Waals surface area contributed by atoms with Crippen molar-refractivity contribution in [3.8, 4) is 0 Å². The van der Waals surface area contributed by atoms with Gasteiger partial charge in [0, 0.05) is 37.3 Å². The highest BCUT2D eigenvalue weighted by atomic mass is 35.5. The van der Waals surface area contributed by atoms with E-state index in [4.69, 9.17) is 5.73 Å². The van der Waals surface area contributed by atoms with Crippen molar-refractivity contribution >= 4 is 24.2 Å². The summed E-state index contributed by atoms with van der Waals surface area (Å²) in [5, 5.41) is 0. The summed E-state index contributed by atoms with van der Waals surface area (Å²) in [4.78, 5) is 28.4. The van der Waals surface area contributed by atoms with E-state index in [0.717, 1.165) is 6.42 Å². The summed E-state index contributed by atoms with van der Waals surface area (Å²) >= 11 is 0. The number of benzene rings is 1. The number of rotatable bonds is 4. The molecule has 0 aromatic heterocycles. The number of halogens is 1. The van der Waals surface area contributed by atoms with E-state index in [-0.39, 0.29) is 30.3 Å². The third kappa shape index (κ3) is 4.24. The van der Waals surface area contributed by atoms with Crippen molar-refractivity contribution in [3.05, 3.63) is 35.4 Å². The number of likely N-dealkylation sites (tertiary alicyclic amines) is 1. The maximum atomic E-state index is 12.7. The summed E-state index contributed by atoms with van der Waals surface area (Å²) in [5.41, 5.74) is 6.84. The molecule has 2 N–H and O–H groups in total. The Balaban J connectivity index is 0.00000264. The Morgan fingerprint density at radius 1 is 1.35 bits per heavy atom. The highest BCUT2D eigenvalue weighted by Crippen LogP contribution is 2.24. The first-order valence-electron chi connectivity index (χ1n) is 7.84. The van der Waals surface area contributed by atoms with E-state index in [9.17, 15) is 9.59 Å². The van der Waals surface area contributed by atoms with Crippen LogP contribution in [0.5, 0.6) is 0 Å². The van der Waals surface area contributed by atoms with Gasteiger partial charge in [-0.2, -0.15) is 0 Å². The Morgan fingerprint density at radius 3 is 2.57 bits per heavy atom. The van der Waals surface area contributed by atoms with Crippen LogP contribution in [0.3, 0.4) is 0 Å². The van der Waals surface area contributed by atoms with Gasteiger partial charge in [-0.3, -0.25) is 9.59 Å². The zero-order valence-corrected chi connectivity index (χ0v) is 14.8. The molecule has 128 valence electrons. The molecule has 2 amide bonds. The van der Waals surface area contributed by atoms with E-state index in [1.165, 1.54) is 0 Å². The van der Waals surface area contributed by atoms with E-state index in [0.29, 0.717) is 36.7 Å². The third-order valence-electron chi connectivity index (χ3n) is 4.43. The molecule has 2 rings (SSSR count). The van der Waals surface area contributed by atoms with Gasteiger partial charge in [-0.15, -0.1) is 12.4 Å². The minimum absolute atomic E-state index is 0. The van der Waals surface area contributed by atoms with E-state index in [1.54, 1.807) is 36.2 Å². The van der Waals surface area contributed by atoms with Gasteiger partial charge in [-0.05, 0) is 50.9 Å². The minimum atomic E-state index is -0.0635. The Labute approximate surface area is 144 Å². The number of hydrogen-bond donors (Lipinski definition) is 1. The first kappa shape index (κ1) is 19.5. The average Bonchev–Trinajstić information content (AvgIpc) is 2.93. The molecule has 0 bridgehead atoms. The molecule has 0 spiro atoms. The van der Waals surface area contributed by atoms with Crippen LogP contribution in [-0.2, 0) is 0 Å². The Hall–Kier alpha value is -1.59. The van der Waals surface area contributed by atoms with Gasteiger partial charge in [0.05, 0.1) is 0 Å². The zero-order chi connectivity index (χ0) is 16.3. The lowest BCUT2D eigenvalue weighted by atomic mass is 10.1. The van der Waals surface area contributed by atoms with Crippen LogP contribution in [0.15, 0.2) is 24.3 Å². The second-order valence-corrected chi connectivity index (χ2v) is 6.04. The lowest BCUT2D eigenvalue weighted by molar-refractivity contribution is 0.0743. The second-order valence-electron chi connectivity index (χ2n) is 6.04. The Kier molecular flexibility index (Phi) is 7.03. The topological polar surface area (TPSA) is 66.6 Å². The van der Waals surface area contributed by atoms with Crippen LogP contribution in [0.2, 0.25) is 0 Å². The number of hydrogen-bond acceptors (Lipinski definition) is 3. The summed E-state index contributed by atoms with van der Waals surface area (Å²) in [6.07, 6.45) is 0.944. The first-order valence-corrected chi connectivity index (χ1v) is 7.84. The van der Waals surface area contributed by atoms with Crippen molar-refractivity contribution in [3.63, 3.8) is 0 Å². The molecule has 6 heteroatoms. The van der Waals surface area contributed by atoms with E-state index < -0.39 is 0 Å². The maximum Gasteiger partial charge on any atom is 0.254 e. The summed E-state index contributed by atoms with van der Waals surface area (Å²) in [7, 11) is 1.76. The van der Waals surface area contributed by atoms with Gasteiger partial charge in [0.15, 0.2) is 0 Å². The number of nitrogens with two attached hydrogens (primary N) is 1. The number of carbonyl (C=O) groups excluding carboxylic acids is 2. The van der Waals surface area contributed by atoms with Crippen LogP contribution in [0.4, 0.5) is 0 Å². The van der Waals surface area contributed by atoms with Gasteiger partial charge in [-0.1, -0.05) is 6.07 Å². The second kappa shape index (κ2) is 8.31. The standard InChI is InChI=1S/C17H25N3O2.ClH/c1-4-19(3)16(21)14-6-5-7-15(9-14)17(22)20-11-13(10-18)8-12(20)2;/h5-7,9,12-13H,4,8,10-11,18H2,1-3H3;1H. The van der Waals surface area contributed by atoms with Gasteiger partial charge < -0.3 is 15.5 Å². The molecular formula is C17H26ClN3O2. The minimum Gasteiger partial charge on any atom is -0.342 e. The number of nitrogens with zero attached hydrogens (tertiary/aromatic N) is 2. The number of amides is 2. The monoisotopic (exact) mass is 339 g/mol. The van der Waals surface area contributed by atoms with Crippen molar-refractivity contribution < 1.29 is 9.59 Å². The molecule has 1 heterocycles. The van der Waals surface area contributed by atoms with Gasteiger partial charge in [-0.25, -0.2) is 0 Å². The summed E-state index contributed by atoms with van der Waals surface area (Å²) in [6, 6.07) is 7.18. The van der Waals surface area contributed by atoms with E-state index in [2.05, 4.69) is 0 Å². The molecule has 1 aromatic carbocycles. The van der Waals surface area contributed by atoms with Crippen LogP contribution in [-0.4, -0.2) is 54.3 Å². The summed E-state index contributed by atoms with van der Waals surface area (Å²) in [6.45, 7) is 5.91. The molecule has 2 unspecified atom stereocenters. The lowest BCUT2D eigenvalue weighted by Gasteiger charge is -2.22. The quantitative estimate of drug-likeness (QED) is 0.912. The SMILES string of the molecule is CCN(C)C(=O)c1cccc(C(=O)N2CC(CN)CC2C)c1.Cl. The molecule has 5 nitrogen and oxygen atoms in total. The van der Waals surface area contributed by atoms with Crippen LogP contribution >= 0.6 is 12.4 Å². The fourth-order valence-corrected chi connectivity index (χ4v) is 2.91. The smallest absolute Gasteiger partial charge is 0.254 e. The molecule has 0 saturated carbocycles. The van der Waals surface area contributed by atoms with E-state index >= 15 is 0 Å². The third-order valence-corrected chi connectivity index (χ3v) is 4.43. The predicted molar refractivity (Wildman–Crippen MR) is 94.0 cm³/mol. The van der Waals surface area contributed by atoms with Gasteiger partial charge in [0.1, 0.15) is 0 Å². The van der Waals surface area contributed by atoms with E-state index in [1.807, 2.05) is 18.7 Å². The van der Waals surface area contributed by atoms with Crippen molar-refractivity contribution in [2.75, 3.05) is 26.7 Å². The Morgan fingerprint density at radius 2 is 2.00 bits per heavy atom. The molecule has 1 aromatic rings. The highest BCUT2D eigenvalue weighted by molar-refractivity contribution is 5.99. The summed E-state index contributed by atoms with van der Waals surface area (Å²) in [5.74, 6) is 0.290. The molecule has 0 aliphatic carbocycles. The predicted octanol–water partition coefficient (Wildman–Crippen LogP) is 2.01. The molecule has 1 fully saturated rings. The first-order chi connectivity index (χ1) is 10.5. The van der Waals surface area contributed by atoms with Crippen LogP contribution in [0.25, 0.3) is 0 Å². The normalized spacial score (nSPS) is 20.1. The van der Waals surface area contributed by atoms with Crippen molar-refractivity contribution in [2.45, 2.75) is 26.3 Å². The van der Waals surface area contributed by atoms with Crippen LogP contribution in [0, 0.1) is 5.92 Å². The molecule has 23 heavy (non-hydrogen) atoms. The fourth-order valence-electron chi connectivity index (χ4n) is 2.91. The van der Waals surface area contributed by atoms with Crippen LogP contribution in [0.1, 0.15) is 41.0 Å². The zero-order valence-electron chi connectivity index (χ0n) is 14.0. The lowest BCUT2D eigenvalue weighted by Crippen LogP contribution is -2.34. The van der Waals surface area contributed by atoms with Gasteiger partial charge in [0.25, 0.3) is 11.8 Å². The molecule has 0 radical (unpaired) electrons. The highest BCUT2D eigenvalue weighted by Gasteiger charge is 2.32. The largest absolute Gasteiger partial charge is 0.342 e. The van der Waals surface area contributed by atoms with Gasteiger partial charge >= 0.3 is 0 Å². The summed E-state index contributed by atoms with van der Waals surface area (Å²) < 4.78 is 0. The van der Waals surface area contributed by atoms with Crippen molar-refractivity contribution in [2.24, 2.45) is 11.7 Å². The maximum absolute atomic E-state index is 12.7. The molecule has 2 atom stereocenters. The van der Waals surface area contributed by atoms with Crippen molar-refractivity contribution in [1.29, 1.82) is 0 Å². The molecular weight excluding hydrogens is 314 g/mol. The van der Waals surface area contributed by atoms with Crippen LogP contribution < -0.4 is 5.73 Å². The number of carbonyl (C=O) groups is 2. The average molecular weight is 340 g/mol.